The zero-order valence-electron chi connectivity index (χ0n) is 20.1. The molecule has 0 saturated carbocycles. The van der Waals surface area contributed by atoms with E-state index in [-0.39, 0.29) is 12.4 Å². The lowest BCUT2D eigenvalue weighted by molar-refractivity contribution is 0.0911. The van der Waals surface area contributed by atoms with E-state index in [1.165, 1.54) is 0 Å². The third-order valence-corrected chi connectivity index (χ3v) is 5.49. The number of hydrogen-bond acceptors (Lipinski definition) is 6. The van der Waals surface area contributed by atoms with E-state index < -0.39 is 5.60 Å². The number of carbonyl (C=O) groups excluding carboxylic acids is 2. The number of fused-ring (bicyclic) bond motifs is 1. The molecule has 0 saturated heterocycles. The molecule has 3 aromatic carbocycles. The number of benzene rings is 3. The van der Waals surface area contributed by atoms with Crippen molar-refractivity contribution < 1.29 is 28.5 Å². The first-order chi connectivity index (χ1) is 16.9. The minimum atomic E-state index is -0.476. The molecule has 0 unspecified atom stereocenters. The van der Waals surface area contributed by atoms with Gasteiger partial charge in [0.25, 0.3) is 0 Å². The number of aldehydes is 1. The third kappa shape index (κ3) is 5.72. The topological polar surface area (TPSA) is 71.1 Å². The van der Waals surface area contributed by atoms with Gasteiger partial charge in [-0.1, -0.05) is 30.3 Å². The lowest BCUT2D eigenvalue weighted by Crippen LogP contribution is -2.27. The fraction of sp³-hybridized carbons (Fsp3) is 0.241. The SMILES string of the molecule is CCOc1ccc(C(=O)COc2c(C=O)ccc3c2C=CC(C)(C)O3)c(OCc2ccccc2)c1. The van der Waals surface area contributed by atoms with Crippen LogP contribution in [0.4, 0.5) is 0 Å². The monoisotopic (exact) mass is 472 g/mol. The molecule has 0 amide bonds. The molecule has 4 rings (SSSR count). The molecule has 6 nitrogen and oxygen atoms in total. The third-order valence-electron chi connectivity index (χ3n) is 5.49. The first-order valence-electron chi connectivity index (χ1n) is 11.5. The number of carbonyl (C=O) groups is 2. The molecular weight excluding hydrogens is 444 g/mol. The molecule has 180 valence electrons. The van der Waals surface area contributed by atoms with Gasteiger partial charge in [0, 0.05) is 6.07 Å². The Bertz CT molecular complexity index is 1240. The molecule has 0 aromatic heterocycles. The normalized spacial score (nSPS) is 13.3. The van der Waals surface area contributed by atoms with Crippen LogP contribution in [-0.4, -0.2) is 30.9 Å². The maximum atomic E-state index is 13.2. The molecule has 1 heterocycles. The van der Waals surface area contributed by atoms with E-state index >= 15 is 0 Å². The Balaban J connectivity index is 1.57. The predicted octanol–water partition coefficient (Wildman–Crippen LogP) is 5.92. The van der Waals surface area contributed by atoms with E-state index in [4.69, 9.17) is 18.9 Å². The maximum Gasteiger partial charge on any atom is 0.203 e. The second kappa shape index (κ2) is 10.5. The highest BCUT2D eigenvalue weighted by Crippen LogP contribution is 2.39. The Morgan fingerprint density at radius 1 is 1.00 bits per heavy atom. The van der Waals surface area contributed by atoms with Gasteiger partial charge < -0.3 is 18.9 Å². The molecule has 1 aliphatic heterocycles. The van der Waals surface area contributed by atoms with Gasteiger partial charge in [-0.3, -0.25) is 9.59 Å². The number of ketones is 1. The number of Topliss-reactive ketones (excluding diaryl/α,β-unsaturated/α-hetero) is 1. The second-order valence-corrected chi connectivity index (χ2v) is 8.63. The van der Waals surface area contributed by atoms with Crippen molar-refractivity contribution in [1.29, 1.82) is 0 Å². The molecule has 0 radical (unpaired) electrons. The van der Waals surface area contributed by atoms with Crippen molar-refractivity contribution in [3.8, 4) is 23.0 Å². The van der Waals surface area contributed by atoms with Crippen molar-refractivity contribution in [3.63, 3.8) is 0 Å². The fourth-order valence-corrected chi connectivity index (χ4v) is 3.76. The van der Waals surface area contributed by atoms with E-state index in [0.29, 0.717) is 59.2 Å². The smallest absolute Gasteiger partial charge is 0.203 e. The van der Waals surface area contributed by atoms with E-state index in [1.807, 2.05) is 63.3 Å². The summed E-state index contributed by atoms with van der Waals surface area (Å²) in [6, 6.07) is 18.2. The van der Waals surface area contributed by atoms with Crippen LogP contribution in [0.5, 0.6) is 23.0 Å². The zero-order chi connectivity index (χ0) is 24.8. The average molecular weight is 473 g/mol. The summed E-state index contributed by atoms with van der Waals surface area (Å²) in [6.07, 6.45) is 4.45. The second-order valence-electron chi connectivity index (χ2n) is 8.63. The molecule has 35 heavy (non-hydrogen) atoms. The molecule has 6 heteroatoms. The fourth-order valence-electron chi connectivity index (χ4n) is 3.76. The van der Waals surface area contributed by atoms with Crippen molar-refractivity contribution in [1.82, 2.24) is 0 Å². The minimum absolute atomic E-state index is 0.274. The van der Waals surface area contributed by atoms with E-state index in [1.54, 1.807) is 30.3 Å². The Morgan fingerprint density at radius 2 is 1.80 bits per heavy atom. The van der Waals surface area contributed by atoms with Gasteiger partial charge in [-0.15, -0.1) is 0 Å². The first kappa shape index (κ1) is 24.1. The molecule has 0 spiro atoms. The van der Waals surface area contributed by atoms with Crippen molar-refractivity contribution in [2.24, 2.45) is 0 Å². The molecule has 3 aromatic rings. The predicted molar refractivity (Wildman–Crippen MR) is 134 cm³/mol. The first-order valence-corrected chi connectivity index (χ1v) is 11.5. The average Bonchev–Trinajstić information content (AvgIpc) is 2.86. The van der Waals surface area contributed by atoms with Gasteiger partial charge in [0.2, 0.25) is 5.78 Å². The van der Waals surface area contributed by atoms with Crippen LogP contribution in [0.15, 0.2) is 66.7 Å². The van der Waals surface area contributed by atoms with Crippen LogP contribution in [0.25, 0.3) is 6.08 Å². The van der Waals surface area contributed by atoms with Crippen LogP contribution in [0.2, 0.25) is 0 Å². The molecule has 0 aliphatic carbocycles. The molecule has 1 aliphatic rings. The van der Waals surface area contributed by atoms with Crippen LogP contribution in [0.3, 0.4) is 0 Å². The standard InChI is InChI=1S/C29H28O6/c1-4-32-22-11-12-23(27(16-22)33-18-20-8-6-5-7-9-20)25(31)19-34-28-21(17-30)10-13-26-24(28)14-15-29(2,3)35-26/h5-17H,4,18-19H2,1-3H3. The molecule has 0 bridgehead atoms. The Kier molecular flexibility index (Phi) is 7.20. The zero-order valence-corrected chi connectivity index (χ0v) is 20.1. The van der Waals surface area contributed by atoms with Crippen LogP contribution in [-0.2, 0) is 6.61 Å². The lowest BCUT2D eigenvalue weighted by Gasteiger charge is -2.29. The molecule has 0 atom stereocenters. The molecule has 0 fully saturated rings. The number of ether oxygens (including phenoxy) is 4. The van der Waals surface area contributed by atoms with Crippen molar-refractivity contribution >= 4 is 18.1 Å². The Hall–Kier alpha value is -4.06. The van der Waals surface area contributed by atoms with Crippen molar-refractivity contribution in [2.75, 3.05) is 13.2 Å². The summed E-state index contributed by atoms with van der Waals surface area (Å²) in [5.74, 6) is 1.64. The van der Waals surface area contributed by atoms with Gasteiger partial charge in [-0.25, -0.2) is 0 Å². The molecular formula is C29H28O6. The maximum absolute atomic E-state index is 13.2. The van der Waals surface area contributed by atoms with Gasteiger partial charge >= 0.3 is 0 Å². The largest absolute Gasteiger partial charge is 0.494 e. The van der Waals surface area contributed by atoms with E-state index in [9.17, 15) is 9.59 Å². The number of hydrogen-bond donors (Lipinski definition) is 0. The highest BCUT2D eigenvalue weighted by atomic mass is 16.5. The van der Waals surface area contributed by atoms with Crippen LogP contribution < -0.4 is 18.9 Å². The molecule has 0 N–H and O–H groups in total. The highest BCUT2D eigenvalue weighted by molar-refractivity contribution is 6.00. The minimum Gasteiger partial charge on any atom is -0.494 e. The Labute approximate surface area is 205 Å². The number of rotatable bonds is 10. The van der Waals surface area contributed by atoms with Crippen LogP contribution in [0.1, 0.15) is 52.6 Å². The summed E-state index contributed by atoms with van der Waals surface area (Å²) in [6.45, 7) is 6.29. The summed E-state index contributed by atoms with van der Waals surface area (Å²) in [4.78, 5) is 24.9. The van der Waals surface area contributed by atoms with E-state index in [0.717, 1.165) is 5.56 Å². The van der Waals surface area contributed by atoms with Crippen molar-refractivity contribution in [3.05, 3.63) is 89.0 Å². The van der Waals surface area contributed by atoms with Gasteiger partial charge in [0.15, 0.2) is 12.9 Å². The van der Waals surface area contributed by atoms with Gasteiger partial charge in [0.05, 0.1) is 23.3 Å². The van der Waals surface area contributed by atoms with Crippen molar-refractivity contribution in [2.45, 2.75) is 33.0 Å². The Morgan fingerprint density at radius 3 is 2.54 bits per heavy atom. The summed E-state index contributed by atoms with van der Waals surface area (Å²) in [5.41, 5.74) is 1.85. The highest BCUT2D eigenvalue weighted by Gasteiger charge is 2.26. The summed E-state index contributed by atoms with van der Waals surface area (Å²) in [7, 11) is 0. The lowest BCUT2D eigenvalue weighted by atomic mass is 10.00. The summed E-state index contributed by atoms with van der Waals surface area (Å²) < 4.78 is 23.5. The van der Waals surface area contributed by atoms with Gasteiger partial charge in [0.1, 0.15) is 35.2 Å². The van der Waals surface area contributed by atoms with Crippen LogP contribution >= 0.6 is 0 Å². The quantitative estimate of drug-likeness (QED) is 0.269. The van der Waals surface area contributed by atoms with Gasteiger partial charge in [-0.05, 0) is 62.8 Å². The van der Waals surface area contributed by atoms with Crippen LogP contribution in [0, 0.1) is 0 Å². The van der Waals surface area contributed by atoms with E-state index in [2.05, 4.69) is 0 Å². The summed E-state index contributed by atoms with van der Waals surface area (Å²) >= 11 is 0. The van der Waals surface area contributed by atoms with Gasteiger partial charge in [-0.2, -0.15) is 0 Å². The summed E-state index contributed by atoms with van der Waals surface area (Å²) in [5, 5.41) is 0.